The van der Waals surface area contributed by atoms with E-state index in [9.17, 15) is 0 Å². The summed E-state index contributed by atoms with van der Waals surface area (Å²) in [6.07, 6.45) is 3.15. The molecule has 0 unspecified atom stereocenters. The summed E-state index contributed by atoms with van der Waals surface area (Å²) >= 11 is 0. The standard InChI is InChI=1S/C17H18N2/c1-2-7-14-12(5-1)9-15-16(17(14)15)11-18-10-13-6-3-4-8-19-13/h1-8,15-18H,9-11H2/t15-,16+,17-/m0/s1. The van der Waals surface area contributed by atoms with Crippen LogP contribution in [-0.2, 0) is 13.0 Å². The Morgan fingerprint density at radius 2 is 2.00 bits per heavy atom. The molecule has 0 radical (unpaired) electrons. The Morgan fingerprint density at radius 3 is 2.89 bits per heavy atom. The average Bonchev–Trinajstić information content (AvgIpc) is 2.99. The van der Waals surface area contributed by atoms with Crippen LogP contribution in [0.5, 0.6) is 0 Å². The highest BCUT2D eigenvalue weighted by atomic mass is 14.9. The van der Waals surface area contributed by atoms with Crippen molar-refractivity contribution in [3.8, 4) is 0 Å². The van der Waals surface area contributed by atoms with E-state index in [-0.39, 0.29) is 0 Å². The zero-order chi connectivity index (χ0) is 12.7. The fourth-order valence-electron chi connectivity index (χ4n) is 3.63. The predicted octanol–water partition coefficient (Wildman–Crippen LogP) is 2.76. The van der Waals surface area contributed by atoms with Gasteiger partial charge in [-0.25, -0.2) is 0 Å². The molecule has 0 bridgehead atoms. The molecule has 1 N–H and O–H groups in total. The molecule has 1 saturated carbocycles. The van der Waals surface area contributed by atoms with Gasteiger partial charge in [-0.05, 0) is 54.0 Å². The second-order valence-electron chi connectivity index (χ2n) is 5.71. The van der Waals surface area contributed by atoms with Crippen molar-refractivity contribution in [1.29, 1.82) is 0 Å². The third-order valence-corrected chi connectivity index (χ3v) is 4.61. The molecule has 0 saturated heterocycles. The van der Waals surface area contributed by atoms with E-state index in [1.165, 1.54) is 6.42 Å². The van der Waals surface area contributed by atoms with Crippen LogP contribution in [0.3, 0.4) is 0 Å². The number of aromatic nitrogens is 1. The maximum atomic E-state index is 4.34. The van der Waals surface area contributed by atoms with Gasteiger partial charge in [0.2, 0.25) is 0 Å². The Morgan fingerprint density at radius 1 is 1.11 bits per heavy atom. The summed E-state index contributed by atoms with van der Waals surface area (Å²) in [4.78, 5) is 4.34. The zero-order valence-corrected chi connectivity index (χ0v) is 10.9. The molecule has 2 aliphatic carbocycles. The number of pyridine rings is 1. The van der Waals surface area contributed by atoms with E-state index >= 15 is 0 Å². The van der Waals surface area contributed by atoms with Gasteiger partial charge < -0.3 is 5.32 Å². The summed E-state index contributed by atoms with van der Waals surface area (Å²) in [6.45, 7) is 2.01. The maximum Gasteiger partial charge on any atom is 0.0541 e. The van der Waals surface area contributed by atoms with Crippen molar-refractivity contribution in [2.75, 3.05) is 6.54 Å². The van der Waals surface area contributed by atoms with Gasteiger partial charge in [-0.1, -0.05) is 30.3 Å². The minimum atomic E-state index is 0.826. The van der Waals surface area contributed by atoms with Crippen molar-refractivity contribution in [3.63, 3.8) is 0 Å². The van der Waals surface area contributed by atoms with Gasteiger partial charge in [-0.2, -0.15) is 0 Å². The largest absolute Gasteiger partial charge is 0.311 e. The lowest BCUT2D eigenvalue weighted by Gasteiger charge is -2.08. The van der Waals surface area contributed by atoms with Gasteiger partial charge in [0.1, 0.15) is 0 Å². The van der Waals surface area contributed by atoms with Crippen molar-refractivity contribution in [2.45, 2.75) is 18.9 Å². The quantitative estimate of drug-likeness (QED) is 0.902. The fourth-order valence-corrected chi connectivity index (χ4v) is 3.63. The fraction of sp³-hybridized carbons (Fsp3) is 0.353. The number of hydrogen-bond acceptors (Lipinski definition) is 2. The molecule has 1 aromatic carbocycles. The maximum absolute atomic E-state index is 4.34. The molecule has 0 amide bonds. The number of nitrogens with zero attached hydrogens (tertiary/aromatic N) is 1. The molecule has 3 atom stereocenters. The Bertz CT molecular complexity index is 579. The summed E-state index contributed by atoms with van der Waals surface area (Å²) < 4.78 is 0. The first-order chi connectivity index (χ1) is 9.43. The van der Waals surface area contributed by atoms with Crippen molar-refractivity contribution < 1.29 is 0 Å². The first-order valence-corrected chi connectivity index (χ1v) is 7.12. The molecule has 96 valence electrons. The second-order valence-corrected chi connectivity index (χ2v) is 5.71. The average molecular weight is 250 g/mol. The third kappa shape index (κ3) is 1.96. The van der Waals surface area contributed by atoms with Gasteiger partial charge in [-0.3, -0.25) is 4.98 Å². The normalized spacial score (nSPS) is 26.8. The molecule has 2 aliphatic rings. The molecule has 1 fully saturated rings. The molecule has 2 aromatic rings. The van der Waals surface area contributed by atoms with E-state index in [0.29, 0.717) is 0 Å². The van der Waals surface area contributed by atoms with Crippen molar-refractivity contribution in [2.24, 2.45) is 11.8 Å². The molecule has 1 heterocycles. The molecule has 2 heteroatoms. The van der Waals surface area contributed by atoms with Crippen LogP contribution in [0.25, 0.3) is 0 Å². The number of rotatable bonds is 4. The number of fused-ring (bicyclic) bond motifs is 3. The Labute approximate surface area is 113 Å². The molecule has 0 spiro atoms. The first-order valence-electron chi connectivity index (χ1n) is 7.12. The summed E-state index contributed by atoms with van der Waals surface area (Å²) in [5.74, 6) is 2.57. The molecule has 1 aromatic heterocycles. The van der Waals surface area contributed by atoms with Gasteiger partial charge in [0.15, 0.2) is 0 Å². The highest BCUT2D eigenvalue weighted by molar-refractivity contribution is 5.43. The van der Waals surface area contributed by atoms with Gasteiger partial charge >= 0.3 is 0 Å². The van der Waals surface area contributed by atoms with E-state index in [1.807, 2.05) is 18.3 Å². The zero-order valence-electron chi connectivity index (χ0n) is 10.9. The van der Waals surface area contributed by atoms with Gasteiger partial charge in [0.25, 0.3) is 0 Å². The van der Waals surface area contributed by atoms with Crippen LogP contribution in [0, 0.1) is 11.8 Å². The summed E-state index contributed by atoms with van der Waals surface area (Å²) in [7, 11) is 0. The minimum absolute atomic E-state index is 0.826. The van der Waals surface area contributed by atoms with Crippen LogP contribution in [0.2, 0.25) is 0 Å². The second kappa shape index (κ2) is 4.46. The van der Waals surface area contributed by atoms with Crippen LogP contribution in [0.4, 0.5) is 0 Å². The monoisotopic (exact) mass is 250 g/mol. The molecule has 19 heavy (non-hydrogen) atoms. The summed E-state index contributed by atoms with van der Waals surface area (Å²) in [5.41, 5.74) is 4.32. The van der Waals surface area contributed by atoms with Gasteiger partial charge in [-0.15, -0.1) is 0 Å². The summed E-state index contributed by atoms with van der Waals surface area (Å²) in [6, 6.07) is 15.0. The Kier molecular flexibility index (Phi) is 2.63. The number of nitrogens with one attached hydrogen (secondary N) is 1. The predicted molar refractivity (Wildman–Crippen MR) is 75.8 cm³/mol. The highest BCUT2D eigenvalue weighted by Gasteiger charge is 2.54. The lowest BCUT2D eigenvalue weighted by Crippen LogP contribution is -2.19. The number of benzene rings is 1. The van der Waals surface area contributed by atoms with E-state index in [0.717, 1.165) is 36.5 Å². The summed E-state index contributed by atoms with van der Waals surface area (Å²) in [5, 5.41) is 3.56. The Hall–Kier alpha value is -1.67. The van der Waals surface area contributed by atoms with E-state index < -0.39 is 0 Å². The molecular formula is C17H18N2. The topological polar surface area (TPSA) is 24.9 Å². The SMILES string of the molecule is c1ccc(CNC[C@@H]2[C@@H]3Cc4ccccc4[C@H]23)nc1. The third-order valence-electron chi connectivity index (χ3n) is 4.61. The lowest BCUT2D eigenvalue weighted by molar-refractivity contribution is 0.583. The molecule has 0 aliphatic heterocycles. The van der Waals surface area contributed by atoms with Crippen LogP contribution in [-0.4, -0.2) is 11.5 Å². The smallest absolute Gasteiger partial charge is 0.0541 e. The number of hydrogen-bond donors (Lipinski definition) is 1. The van der Waals surface area contributed by atoms with Crippen molar-refractivity contribution >= 4 is 0 Å². The van der Waals surface area contributed by atoms with Gasteiger partial charge in [0, 0.05) is 12.7 Å². The highest BCUT2D eigenvalue weighted by Crippen LogP contribution is 2.60. The van der Waals surface area contributed by atoms with Crippen molar-refractivity contribution in [3.05, 3.63) is 65.5 Å². The van der Waals surface area contributed by atoms with Crippen LogP contribution in [0.15, 0.2) is 48.7 Å². The lowest BCUT2D eigenvalue weighted by atomic mass is 10.0. The van der Waals surface area contributed by atoms with E-state index in [4.69, 9.17) is 0 Å². The van der Waals surface area contributed by atoms with Crippen LogP contribution in [0.1, 0.15) is 22.7 Å². The van der Waals surface area contributed by atoms with Crippen LogP contribution < -0.4 is 5.32 Å². The molecular weight excluding hydrogens is 232 g/mol. The van der Waals surface area contributed by atoms with Crippen LogP contribution >= 0.6 is 0 Å². The van der Waals surface area contributed by atoms with E-state index in [2.05, 4.69) is 40.6 Å². The first kappa shape index (κ1) is 11.2. The molecule has 4 rings (SSSR count). The van der Waals surface area contributed by atoms with E-state index in [1.54, 1.807) is 11.1 Å². The van der Waals surface area contributed by atoms with Gasteiger partial charge in [0.05, 0.1) is 5.69 Å². The van der Waals surface area contributed by atoms with Crippen molar-refractivity contribution in [1.82, 2.24) is 10.3 Å². The Balaban J connectivity index is 1.33. The molecule has 2 nitrogen and oxygen atoms in total. The minimum Gasteiger partial charge on any atom is -0.311 e.